The molecule has 0 radical (unpaired) electrons. The van der Waals surface area contributed by atoms with E-state index in [9.17, 15) is 14.7 Å². The second-order valence-electron chi connectivity index (χ2n) is 8.99. The van der Waals surface area contributed by atoms with E-state index >= 15 is 0 Å². The van der Waals surface area contributed by atoms with Gasteiger partial charge in [-0.05, 0) is 73.6 Å². The highest BCUT2D eigenvalue weighted by Crippen LogP contribution is 2.21. The van der Waals surface area contributed by atoms with Crippen LogP contribution in [0.3, 0.4) is 0 Å². The summed E-state index contributed by atoms with van der Waals surface area (Å²) in [6.45, 7) is 2.59. The number of ether oxygens (including phenoxy) is 1. The summed E-state index contributed by atoms with van der Waals surface area (Å²) >= 11 is 0. The highest BCUT2D eigenvalue weighted by atomic mass is 16.5. The van der Waals surface area contributed by atoms with Gasteiger partial charge in [0.2, 0.25) is 0 Å². The van der Waals surface area contributed by atoms with Crippen LogP contribution in [-0.4, -0.2) is 35.2 Å². The van der Waals surface area contributed by atoms with Crippen molar-refractivity contribution in [2.24, 2.45) is 5.92 Å². The standard InChI is InChI=1S/C29H40O5/c1-2-23-13-15-24(16-14-23)17-18-29(33)34-21-19-25(8-5-6-20-30)22-27(31)11-7-10-26-9-3-4-12-28(26)32/h3-4,9,12-16,25,30,32H,2,5-8,10-11,17-22H2,1H3. The fourth-order valence-corrected chi connectivity index (χ4v) is 4.12. The molecule has 34 heavy (non-hydrogen) atoms. The van der Waals surface area contributed by atoms with E-state index < -0.39 is 0 Å². The molecule has 0 amide bonds. The van der Waals surface area contributed by atoms with Crippen LogP contribution in [0.15, 0.2) is 48.5 Å². The number of aliphatic hydroxyl groups excluding tert-OH is 1. The number of carbonyl (C=O) groups is 2. The summed E-state index contributed by atoms with van der Waals surface area (Å²) in [5.74, 6) is 0.420. The van der Waals surface area contributed by atoms with E-state index in [1.807, 2.05) is 12.1 Å². The van der Waals surface area contributed by atoms with Gasteiger partial charge in [-0.25, -0.2) is 0 Å². The van der Waals surface area contributed by atoms with Crippen LogP contribution in [0.2, 0.25) is 0 Å². The van der Waals surface area contributed by atoms with Crippen molar-refractivity contribution < 1.29 is 24.5 Å². The van der Waals surface area contributed by atoms with Gasteiger partial charge in [0.05, 0.1) is 6.61 Å². The lowest BCUT2D eigenvalue weighted by Crippen LogP contribution is -2.14. The summed E-state index contributed by atoms with van der Waals surface area (Å²) in [5.41, 5.74) is 3.28. The van der Waals surface area contributed by atoms with Crippen molar-refractivity contribution in [2.45, 2.75) is 77.6 Å². The van der Waals surface area contributed by atoms with Crippen LogP contribution in [0.5, 0.6) is 5.75 Å². The van der Waals surface area contributed by atoms with Crippen LogP contribution in [0.25, 0.3) is 0 Å². The van der Waals surface area contributed by atoms with Crippen molar-refractivity contribution in [2.75, 3.05) is 13.2 Å². The molecule has 2 rings (SSSR count). The van der Waals surface area contributed by atoms with Gasteiger partial charge in [-0.1, -0.05) is 55.8 Å². The minimum atomic E-state index is -0.206. The zero-order chi connectivity index (χ0) is 24.6. The number of hydrogen-bond acceptors (Lipinski definition) is 5. The second kappa shape index (κ2) is 16.0. The highest BCUT2D eigenvalue weighted by molar-refractivity contribution is 5.78. The summed E-state index contributed by atoms with van der Waals surface area (Å²) in [5, 5.41) is 18.9. The van der Waals surface area contributed by atoms with Crippen LogP contribution >= 0.6 is 0 Å². The first-order chi connectivity index (χ1) is 16.5. The molecule has 0 aliphatic carbocycles. The van der Waals surface area contributed by atoms with Crippen molar-refractivity contribution in [3.05, 3.63) is 65.2 Å². The van der Waals surface area contributed by atoms with Crippen molar-refractivity contribution in [3.8, 4) is 5.75 Å². The van der Waals surface area contributed by atoms with Gasteiger partial charge in [-0.3, -0.25) is 9.59 Å². The van der Waals surface area contributed by atoms with Gasteiger partial charge in [0.1, 0.15) is 11.5 Å². The number of Topliss-reactive ketones (excluding diaryl/α,β-unsaturated/α-hetero) is 1. The number of aromatic hydroxyl groups is 1. The van der Waals surface area contributed by atoms with E-state index in [0.717, 1.165) is 30.4 Å². The first kappa shape index (κ1) is 27.6. The van der Waals surface area contributed by atoms with E-state index in [4.69, 9.17) is 9.84 Å². The molecule has 2 N–H and O–H groups in total. The van der Waals surface area contributed by atoms with Gasteiger partial charge in [-0.15, -0.1) is 0 Å². The normalized spacial score (nSPS) is 11.8. The molecule has 5 nitrogen and oxygen atoms in total. The Morgan fingerprint density at radius 2 is 1.62 bits per heavy atom. The largest absolute Gasteiger partial charge is 0.508 e. The quantitative estimate of drug-likeness (QED) is 0.234. The Balaban J connectivity index is 1.70. The lowest BCUT2D eigenvalue weighted by molar-refractivity contribution is -0.144. The van der Waals surface area contributed by atoms with Gasteiger partial charge in [-0.2, -0.15) is 0 Å². The Morgan fingerprint density at radius 1 is 0.882 bits per heavy atom. The predicted molar refractivity (Wildman–Crippen MR) is 135 cm³/mol. The van der Waals surface area contributed by atoms with E-state index in [2.05, 4.69) is 31.2 Å². The number of esters is 1. The molecule has 186 valence electrons. The topological polar surface area (TPSA) is 83.8 Å². The summed E-state index contributed by atoms with van der Waals surface area (Å²) in [4.78, 5) is 24.7. The number of aryl methyl sites for hydroxylation is 3. The molecule has 0 bridgehead atoms. The molecule has 2 aromatic carbocycles. The Morgan fingerprint density at radius 3 is 2.32 bits per heavy atom. The SMILES string of the molecule is CCc1ccc(CCC(=O)OCCC(CCCCO)CC(=O)CCCc2ccccc2O)cc1. The summed E-state index contributed by atoms with van der Waals surface area (Å²) in [7, 11) is 0. The Hall–Kier alpha value is -2.66. The number of benzene rings is 2. The van der Waals surface area contributed by atoms with Crippen LogP contribution in [0, 0.1) is 5.92 Å². The smallest absolute Gasteiger partial charge is 0.306 e. The summed E-state index contributed by atoms with van der Waals surface area (Å²) in [6, 6.07) is 15.5. The minimum absolute atomic E-state index is 0.148. The van der Waals surface area contributed by atoms with Crippen molar-refractivity contribution >= 4 is 11.8 Å². The fourth-order valence-electron chi connectivity index (χ4n) is 4.12. The molecule has 5 heteroatoms. The Bertz CT molecular complexity index is 859. The van der Waals surface area contributed by atoms with Crippen LogP contribution in [0.4, 0.5) is 0 Å². The zero-order valence-corrected chi connectivity index (χ0v) is 20.5. The second-order valence-corrected chi connectivity index (χ2v) is 8.99. The van der Waals surface area contributed by atoms with Gasteiger partial charge in [0, 0.05) is 25.9 Å². The number of phenols is 1. The first-order valence-corrected chi connectivity index (χ1v) is 12.6. The molecule has 2 aromatic rings. The van der Waals surface area contributed by atoms with Crippen LogP contribution < -0.4 is 0 Å². The van der Waals surface area contributed by atoms with E-state index in [1.165, 1.54) is 5.56 Å². The molecule has 0 aliphatic heterocycles. The molecule has 0 saturated heterocycles. The maximum atomic E-state index is 12.5. The Kier molecular flexibility index (Phi) is 13.0. The molecular weight excluding hydrogens is 428 g/mol. The lowest BCUT2D eigenvalue weighted by Gasteiger charge is -2.16. The van der Waals surface area contributed by atoms with Crippen molar-refractivity contribution in [1.29, 1.82) is 0 Å². The fraction of sp³-hybridized carbons (Fsp3) is 0.517. The molecule has 1 atom stereocenters. The number of rotatable bonds is 17. The van der Waals surface area contributed by atoms with Gasteiger partial charge >= 0.3 is 5.97 Å². The van der Waals surface area contributed by atoms with Crippen LogP contribution in [-0.2, 0) is 33.6 Å². The van der Waals surface area contributed by atoms with Gasteiger partial charge in [0.15, 0.2) is 0 Å². The molecule has 0 heterocycles. The molecule has 0 fully saturated rings. The number of aliphatic hydroxyl groups is 1. The number of carbonyl (C=O) groups excluding carboxylic acids is 2. The number of ketones is 1. The average Bonchev–Trinajstić information content (AvgIpc) is 2.84. The van der Waals surface area contributed by atoms with Crippen LogP contribution in [0.1, 0.15) is 75.0 Å². The van der Waals surface area contributed by atoms with E-state index in [0.29, 0.717) is 58.0 Å². The highest BCUT2D eigenvalue weighted by Gasteiger charge is 2.15. The molecule has 0 aromatic heterocycles. The summed E-state index contributed by atoms with van der Waals surface area (Å²) in [6.07, 6.45) is 7.41. The lowest BCUT2D eigenvalue weighted by atomic mass is 9.91. The molecule has 0 spiro atoms. The van der Waals surface area contributed by atoms with E-state index in [1.54, 1.807) is 12.1 Å². The third-order valence-electron chi connectivity index (χ3n) is 6.27. The predicted octanol–water partition coefficient (Wildman–Crippen LogP) is 5.58. The number of unbranched alkanes of at least 4 members (excludes halogenated alkanes) is 1. The minimum Gasteiger partial charge on any atom is -0.508 e. The number of phenolic OH excluding ortho intramolecular Hbond substituents is 1. The molecule has 0 saturated carbocycles. The number of para-hydroxylation sites is 1. The van der Waals surface area contributed by atoms with Gasteiger partial charge in [0.25, 0.3) is 0 Å². The van der Waals surface area contributed by atoms with Gasteiger partial charge < -0.3 is 14.9 Å². The van der Waals surface area contributed by atoms with Crippen molar-refractivity contribution in [1.82, 2.24) is 0 Å². The number of hydrogen-bond donors (Lipinski definition) is 2. The third-order valence-corrected chi connectivity index (χ3v) is 6.27. The summed E-state index contributed by atoms with van der Waals surface area (Å²) < 4.78 is 5.45. The maximum absolute atomic E-state index is 12.5. The monoisotopic (exact) mass is 468 g/mol. The Labute approximate surface area is 204 Å². The third kappa shape index (κ3) is 11.0. The maximum Gasteiger partial charge on any atom is 0.306 e. The molecular formula is C29H40O5. The van der Waals surface area contributed by atoms with Crippen molar-refractivity contribution in [3.63, 3.8) is 0 Å². The molecule has 0 aliphatic rings. The first-order valence-electron chi connectivity index (χ1n) is 12.6. The average molecular weight is 469 g/mol. The zero-order valence-electron chi connectivity index (χ0n) is 20.5. The van der Waals surface area contributed by atoms with E-state index in [-0.39, 0.29) is 30.0 Å². The molecule has 1 unspecified atom stereocenters.